The summed E-state index contributed by atoms with van der Waals surface area (Å²) in [5.41, 5.74) is 4.59. The van der Waals surface area contributed by atoms with Gasteiger partial charge in [-0.05, 0) is 31.6 Å². The van der Waals surface area contributed by atoms with Gasteiger partial charge in [0.15, 0.2) is 0 Å². The van der Waals surface area contributed by atoms with Crippen LogP contribution in [0.15, 0.2) is 11.6 Å². The minimum Gasteiger partial charge on any atom is -0.271 e. The average molecular weight is 210 g/mol. The molecule has 1 rings (SSSR count). The van der Waals surface area contributed by atoms with E-state index in [-0.39, 0.29) is 0 Å². The molecule has 2 heteroatoms. The predicted octanol–water partition coefficient (Wildman–Crippen LogP) is 3.15. The zero-order valence-electron chi connectivity index (χ0n) is 10.3. The minimum absolute atomic E-state index is 0.415. The summed E-state index contributed by atoms with van der Waals surface area (Å²) in [4.78, 5) is 0. The molecule has 1 atom stereocenters. The van der Waals surface area contributed by atoms with Gasteiger partial charge < -0.3 is 0 Å². The largest absolute Gasteiger partial charge is 0.271 e. The molecule has 0 fully saturated rings. The van der Waals surface area contributed by atoms with Crippen LogP contribution in [0.4, 0.5) is 0 Å². The normalized spacial score (nSPS) is 19.9. The van der Waals surface area contributed by atoms with E-state index in [0.717, 1.165) is 0 Å². The Bertz CT molecular complexity index is 195. The highest BCUT2D eigenvalue weighted by Crippen LogP contribution is 2.26. The highest BCUT2D eigenvalue weighted by atomic mass is 15.2. The molecule has 1 unspecified atom stereocenters. The van der Waals surface area contributed by atoms with Crippen molar-refractivity contribution in [3.8, 4) is 0 Å². The lowest BCUT2D eigenvalue weighted by Crippen LogP contribution is -2.42. The van der Waals surface area contributed by atoms with Gasteiger partial charge in [0, 0.05) is 6.04 Å². The molecule has 0 saturated carbocycles. The van der Waals surface area contributed by atoms with Crippen LogP contribution in [0.3, 0.4) is 0 Å². The van der Waals surface area contributed by atoms with Gasteiger partial charge in [-0.1, -0.05) is 44.8 Å². The third-order valence-corrected chi connectivity index (χ3v) is 3.68. The molecule has 3 N–H and O–H groups in total. The maximum absolute atomic E-state index is 5.72. The lowest BCUT2D eigenvalue weighted by Gasteiger charge is -2.27. The molecule has 0 aromatic rings. The Morgan fingerprint density at radius 1 is 1.27 bits per heavy atom. The first kappa shape index (κ1) is 12.7. The SMILES string of the molecule is CCC(CC)C(NN)C1=CCCCCC1. The van der Waals surface area contributed by atoms with E-state index in [1.54, 1.807) is 5.57 Å². The van der Waals surface area contributed by atoms with Crippen LogP contribution in [0.2, 0.25) is 0 Å². The Morgan fingerprint density at radius 2 is 2.00 bits per heavy atom. The molecule has 0 saturated heterocycles. The van der Waals surface area contributed by atoms with Crippen molar-refractivity contribution in [3.63, 3.8) is 0 Å². The van der Waals surface area contributed by atoms with E-state index in [1.807, 2.05) is 0 Å². The van der Waals surface area contributed by atoms with Gasteiger partial charge in [-0.25, -0.2) is 0 Å². The first-order valence-corrected chi connectivity index (χ1v) is 6.48. The topological polar surface area (TPSA) is 38.0 Å². The molecular weight excluding hydrogens is 184 g/mol. The number of rotatable bonds is 5. The molecule has 0 aromatic heterocycles. The number of hydrazine groups is 1. The average Bonchev–Trinajstić information content (AvgIpc) is 2.54. The van der Waals surface area contributed by atoms with Crippen LogP contribution < -0.4 is 11.3 Å². The second kappa shape index (κ2) is 7.02. The first-order valence-electron chi connectivity index (χ1n) is 6.48. The molecule has 1 aliphatic carbocycles. The Morgan fingerprint density at radius 3 is 2.60 bits per heavy atom. The fourth-order valence-electron chi connectivity index (χ4n) is 2.63. The summed E-state index contributed by atoms with van der Waals surface area (Å²) in [7, 11) is 0. The Labute approximate surface area is 94.3 Å². The fourth-order valence-corrected chi connectivity index (χ4v) is 2.63. The monoisotopic (exact) mass is 210 g/mol. The Kier molecular flexibility index (Phi) is 5.96. The van der Waals surface area contributed by atoms with Crippen LogP contribution in [0.1, 0.15) is 58.8 Å². The van der Waals surface area contributed by atoms with Gasteiger partial charge in [0.05, 0.1) is 0 Å². The Hall–Kier alpha value is -0.340. The van der Waals surface area contributed by atoms with Crippen LogP contribution in [-0.4, -0.2) is 6.04 Å². The highest BCUT2D eigenvalue weighted by molar-refractivity contribution is 5.13. The number of nitrogens with one attached hydrogen (secondary N) is 1. The first-order chi connectivity index (χ1) is 7.33. The Balaban J connectivity index is 2.66. The minimum atomic E-state index is 0.415. The van der Waals surface area contributed by atoms with E-state index in [2.05, 4.69) is 25.3 Å². The van der Waals surface area contributed by atoms with Crippen LogP contribution in [0.25, 0.3) is 0 Å². The molecule has 0 aromatic carbocycles. The van der Waals surface area contributed by atoms with E-state index in [4.69, 9.17) is 5.84 Å². The van der Waals surface area contributed by atoms with Crippen molar-refractivity contribution in [2.45, 2.75) is 64.8 Å². The molecular formula is C13H26N2. The molecule has 0 aliphatic heterocycles. The van der Waals surface area contributed by atoms with Crippen molar-refractivity contribution in [2.24, 2.45) is 11.8 Å². The van der Waals surface area contributed by atoms with Crippen molar-refractivity contribution in [1.29, 1.82) is 0 Å². The smallest absolute Gasteiger partial charge is 0.0447 e. The van der Waals surface area contributed by atoms with Gasteiger partial charge >= 0.3 is 0 Å². The molecule has 0 heterocycles. The molecule has 0 radical (unpaired) electrons. The van der Waals surface area contributed by atoms with Crippen molar-refractivity contribution in [2.75, 3.05) is 0 Å². The number of hydrogen-bond donors (Lipinski definition) is 2. The zero-order chi connectivity index (χ0) is 11.1. The third kappa shape index (κ3) is 3.62. The molecule has 0 bridgehead atoms. The van der Waals surface area contributed by atoms with Gasteiger partial charge in [0.1, 0.15) is 0 Å². The standard InChI is InChI=1S/C13H26N2/c1-3-11(4-2)13(15-14)12-9-7-5-6-8-10-12/h9,11,13,15H,3-8,10,14H2,1-2H3. The molecule has 88 valence electrons. The summed E-state index contributed by atoms with van der Waals surface area (Å²) in [6, 6.07) is 0.415. The summed E-state index contributed by atoms with van der Waals surface area (Å²) in [5, 5.41) is 0. The van der Waals surface area contributed by atoms with Crippen molar-refractivity contribution in [1.82, 2.24) is 5.43 Å². The van der Waals surface area contributed by atoms with E-state index in [1.165, 1.54) is 44.9 Å². The number of hydrogen-bond acceptors (Lipinski definition) is 2. The quantitative estimate of drug-likeness (QED) is 0.415. The van der Waals surface area contributed by atoms with Crippen molar-refractivity contribution >= 4 is 0 Å². The van der Waals surface area contributed by atoms with Crippen LogP contribution in [0, 0.1) is 5.92 Å². The van der Waals surface area contributed by atoms with Gasteiger partial charge in [-0.15, -0.1) is 0 Å². The van der Waals surface area contributed by atoms with Crippen molar-refractivity contribution in [3.05, 3.63) is 11.6 Å². The van der Waals surface area contributed by atoms with Crippen LogP contribution >= 0.6 is 0 Å². The second-order valence-electron chi connectivity index (χ2n) is 4.60. The van der Waals surface area contributed by atoms with E-state index < -0.39 is 0 Å². The van der Waals surface area contributed by atoms with E-state index in [0.29, 0.717) is 12.0 Å². The summed E-state index contributed by atoms with van der Waals surface area (Å²) in [6.45, 7) is 4.52. The summed E-state index contributed by atoms with van der Waals surface area (Å²) in [6.07, 6.45) is 11.4. The summed E-state index contributed by atoms with van der Waals surface area (Å²) >= 11 is 0. The van der Waals surface area contributed by atoms with Crippen LogP contribution in [-0.2, 0) is 0 Å². The maximum Gasteiger partial charge on any atom is 0.0447 e. The fraction of sp³-hybridized carbons (Fsp3) is 0.846. The predicted molar refractivity (Wildman–Crippen MR) is 66.4 cm³/mol. The van der Waals surface area contributed by atoms with Gasteiger partial charge in [0.25, 0.3) is 0 Å². The summed E-state index contributed by atoms with van der Waals surface area (Å²) in [5.74, 6) is 6.41. The maximum atomic E-state index is 5.72. The van der Waals surface area contributed by atoms with Gasteiger partial charge in [-0.2, -0.15) is 0 Å². The molecule has 0 spiro atoms. The zero-order valence-corrected chi connectivity index (χ0v) is 10.3. The second-order valence-corrected chi connectivity index (χ2v) is 4.60. The summed E-state index contributed by atoms with van der Waals surface area (Å²) < 4.78 is 0. The molecule has 2 nitrogen and oxygen atoms in total. The molecule has 15 heavy (non-hydrogen) atoms. The van der Waals surface area contributed by atoms with Crippen LogP contribution in [0.5, 0.6) is 0 Å². The van der Waals surface area contributed by atoms with Gasteiger partial charge in [0.2, 0.25) is 0 Å². The number of allylic oxidation sites excluding steroid dienone is 1. The van der Waals surface area contributed by atoms with Crippen molar-refractivity contribution < 1.29 is 0 Å². The lowest BCUT2D eigenvalue weighted by atomic mass is 9.87. The molecule has 1 aliphatic rings. The highest BCUT2D eigenvalue weighted by Gasteiger charge is 2.21. The van der Waals surface area contributed by atoms with Gasteiger partial charge in [-0.3, -0.25) is 11.3 Å². The lowest BCUT2D eigenvalue weighted by molar-refractivity contribution is 0.367. The third-order valence-electron chi connectivity index (χ3n) is 3.68. The molecule has 0 amide bonds. The van der Waals surface area contributed by atoms with E-state index >= 15 is 0 Å². The van der Waals surface area contributed by atoms with E-state index in [9.17, 15) is 0 Å². The number of nitrogens with two attached hydrogens (primary N) is 1.